The van der Waals surface area contributed by atoms with E-state index in [4.69, 9.17) is 4.74 Å². The number of hydrogen-bond acceptors (Lipinski definition) is 4. The quantitative estimate of drug-likeness (QED) is 0.605. The smallest absolute Gasteiger partial charge is 0.278 e. The number of benzene rings is 3. The number of aryl methyl sites for hydroxylation is 3. The highest BCUT2D eigenvalue weighted by Gasteiger charge is 2.31. The van der Waals surface area contributed by atoms with Crippen LogP contribution < -0.4 is 9.04 Å². The Hall–Kier alpha value is -3.12. The Morgan fingerprint density at radius 1 is 0.862 bits per heavy atom. The molecule has 0 atom stereocenters. The number of rotatable bonds is 6. The molecule has 0 fully saturated rings. The maximum absolute atomic E-state index is 13.3. The fourth-order valence-corrected chi connectivity index (χ4v) is 4.37. The number of carbonyl (C=O) groups excluding carboxylic acids is 1. The van der Waals surface area contributed by atoms with Gasteiger partial charge in [-0.2, -0.15) is 4.31 Å². The molecule has 5 nitrogen and oxygen atoms in total. The molecular formula is C23H23NO4S. The molecule has 150 valence electrons. The third kappa shape index (κ3) is 4.66. The number of para-hydroxylation sites is 1. The van der Waals surface area contributed by atoms with Crippen LogP contribution in [-0.2, 0) is 14.8 Å². The van der Waals surface area contributed by atoms with Gasteiger partial charge in [-0.1, -0.05) is 53.6 Å². The normalized spacial score (nSPS) is 11.1. The second-order valence-corrected chi connectivity index (χ2v) is 8.66. The molecule has 3 aromatic carbocycles. The predicted octanol–water partition coefficient (Wildman–Crippen LogP) is 4.41. The summed E-state index contributed by atoms with van der Waals surface area (Å²) >= 11 is 0. The fraction of sp³-hybridized carbons (Fsp3) is 0.174. The van der Waals surface area contributed by atoms with Gasteiger partial charge in [0.25, 0.3) is 15.9 Å². The summed E-state index contributed by atoms with van der Waals surface area (Å²) in [5.41, 5.74) is 3.15. The van der Waals surface area contributed by atoms with E-state index in [2.05, 4.69) is 0 Å². The molecule has 29 heavy (non-hydrogen) atoms. The van der Waals surface area contributed by atoms with Gasteiger partial charge in [-0.15, -0.1) is 0 Å². The van der Waals surface area contributed by atoms with Crippen molar-refractivity contribution in [3.63, 3.8) is 0 Å². The minimum Gasteiger partial charge on any atom is -0.483 e. The summed E-state index contributed by atoms with van der Waals surface area (Å²) in [6.45, 7) is 5.32. The highest BCUT2D eigenvalue weighted by atomic mass is 32.2. The Morgan fingerprint density at radius 3 is 2.10 bits per heavy atom. The van der Waals surface area contributed by atoms with Gasteiger partial charge in [0.15, 0.2) is 6.61 Å². The molecule has 0 aliphatic carbocycles. The van der Waals surface area contributed by atoms with Crippen LogP contribution in [0.5, 0.6) is 5.75 Å². The number of nitrogens with zero attached hydrogens (tertiary/aromatic N) is 1. The van der Waals surface area contributed by atoms with Crippen molar-refractivity contribution >= 4 is 21.6 Å². The van der Waals surface area contributed by atoms with Crippen molar-refractivity contribution in [3.8, 4) is 5.75 Å². The lowest BCUT2D eigenvalue weighted by molar-refractivity contribution is -0.119. The summed E-state index contributed by atoms with van der Waals surface area (Å²) in [5, 5.41) is 0. The van der Waals surface area contributed by atoms with E-state index in [9.17, 15) is 13.2 Å². The maximum atomic E-state index is 13.3. The zero-order chi connectivity index (χ0) is 21.0. The number of amides is 1. The van der Waals surface area contributed by atoms with Gasteiger partial charge in [0.1, 0.15) is 5.75 Å². The fourth-order valence-electron chi connectivity index (χ4n) is 2.96. The minimum atomic E-state index is -4.09. The van der Waals surface area contributed by atoms with Crippen LogP contribution in [0, 0.1) is 20.8 Å². The average molecular weight is 410 g/mol. The van der Waals surface area contributed by atoms with Gasteiger partial charge in [0, 0.05) is 0 Å². The number of sulfonamides is 1. The third-order valence-electron chi connectivity index (χ3n) is 4.46. The van der Waals surface area contributed by atoms with Gasteiger partial charge >= 0.3 is 0 Å². The van der Waals surface area contributed by atoms with Crippen molar-refractivity contribution in [3.05, 3.63) is 89.5 Å². The van der Waals surface area contributed by atoms with Crippen LogP contribution in [0.2, 0.25) is 0 Å². The van der Waals surface area contributed by atoms with Gasteiger partial charge in [-0.05, 0) is 56.7 Å². The van der Waals surface area contributed by atoms with E-state index in [0.29, 0.717) is 5.75 Å². The molecule has 0 aliphatic heterocycles. The molecule has 0 bridgehead atoms. The molecule has 1 amide bonds. The molecule has 0 N–H and O–H groups in total. The van der Waals surface area contributed by atoms with Crippen LogP contribution >= 0.6 is 0 Å². The molecule has 6 heteroatoms. The summed E-state index contributed by atoms with van der Waals surface area (Å²) in [7, 11) is -4.09. The Labute approximate surface area is 171 Å². The Kier molecular flexibility index (Phi) is 6.03. The van der Waals surface area contributed by atoms with E-state index in [0.717, 1.165) is 21.0 Å². The number of carbonyl (C=O) groups is 1. The first-order valence-electron chi connectivity index (χ1n) is 9.19. The summed E-state index contributed by atoms with van der Waals surface area (Å²) in [6.07, 6.45) is 0. The predicted molar refractivity (Wildman–Crippen MR) is 114 cm³/mol. The summed E-state index contributed by atoms with van der Waals surface area (Å²) in [6, 6.07) is 20.3. The van der Waals surface area contributed by atoms with Crippen molar-refractivity contribution in [2.75, 3.05) is 10.9 Å². The summed E-state index contributed by atoms with van der Waals surface area (Å²) in [4.78, 5) is 13.1. The van der Waals surface area contributed by atoms with E-state index < -0.39 is 22.5 Å². The second kappa shape index (κ2) is 8.49. The van der Waals surface area contributed by atoms with Crippen molar-refractivity contribution in [1.29, 1.82) is 0 Å². The topological polar surface area (TPSA) is 63.7 Å². The molecule has 3 rings (SSSR count). The van der Waals surface area contributed by atoms with Crippen molar-refractivity contribution in [2.45, 2.75) is 25.7 Å². The van der Waals surface area contributed by atoms with Crippen LogP contribution in [0.4, 0.5) is 5.69 Å². The number of anilines is 1. The first-order chi connectivity index (χ1) is 13.8. The van der Waals surface area contributed by atoms with Gasteiger partial charge in [-0.3, -0.25) is 4.79 Å². The molecule has 0 aliphatic rings. The van der Waals surface area contributed by atoms with Crippen LogP contribution in [0.15, 0.2) is 77.7 Å². The number of ether oxygens (including phenoxy) is 1. The number of hydrogen-bond donors (Lipinski definition) is 0. The Balaban J connectivity index is 1.93. The maximum Gasteiger partial charge on any atom is 0.278 e. The molecular weight excluding hydrogens is 386 g/mol. The molecule has 0 unspecified atom stereocenters. The Bertz CT molecular complexity index is 1110. The van der Waals surface area contributed by atoms with E-state index in [1.165, 1.54) is 12.1 Å². The largest absolute Gasteiger partial charge is 0.483 e. The van der Waals surface area contributed by atoms with Crippen LogP contribution in [0.1, 0.15) is 16.7 Å². The molecule has 0 saturated carbocycles. The molecule has 3 aromatic rings. The van der Waals surface area contributed by atoms with Crippen LogP contribution in [0.25, 0.3) is 0 Å². The van der Waals surface area contributed by atoms with E-state index in [1.807, 2.05) is 32.9 Å². The standard InChI is InChI=1S/C23H23NO4S/c1-17-9-12-21(13-10-17)29(26,27)24(20-7-5-4-6-8-20)23(25)16-28-22-14-11-18(2)15-19(22)3/h4-15H,16H2,1-3H3. The van der Waals surface area contributed by atoms with Gasteiger partial charge in [0.05, 0.1) is 10.6 Å². The van der Waals surface area contributed by atoms with Crippen LogP contribution in [0.3, 0.4) is 0 Å². The molecule has 0 aromatic heterocycles. The van der Waals surface area contributed by atoms with E-state index in [1.54, 1.807) is 48.5 Å². The van der Waals surface area contributed by atoms with Crippen molar-refractivity contribution in [2.24, 2.45) is 0 Å². The molecule has 0 spiro atoms. The van der Waals surface area contributed by atoms with Crippen LogP contribution in [-0.4, -0.2) is 20.9 Å². The van der Waals surface area contributed by atoms with Gasteiger partial charge in [-0.25, -0.2) is 8.42 Å². The van der Waals surface area contributed by atoms with E-state index in [-0.39, 0.29) is 10.6 Å². The first-order valence-corrected chi connectivity index (χ1v) is 10.6. The van der Waals surface area contributed by atoms with Crippen molar-refractivity contribution < 1.29 is 17.9 Å². The van der Waals surface area contributed by atoms with Gasteiger partial charge < -0.3 is 4.74 Å². The summed E-state index contributed by atoms with van der Waals surface area (Å²) < 4.78 is 33.0. The lowest BCUT2D eigenvalue weighted by atomic mass is 10.1. The first kappa shape index (κ1) is 20.6. The SMILES string of the molecule is Cc1ccc(S(=O)(=O)N(C(=O)COc2ccc(C)cc2C)c2ccccc2)cc1. The second-order valence-electron chi connectivity index (χ2n) is 6.87. The monoisotopic (exact) mass is 409 g/mol. The zero-order valence-electron chi connectivity index (χ0n) is 16.6. The van der Waals surface area contributed by atoms with Crippen molar-refractivity contribution in [1.82, 2.24) is 0 Å². The highest BCUT2D eigenvalue weighted by Crippen LogP contribution is 2.25. The molecule has 0 heterocycles. The molecule has 0 radical (unpaired) electrons. The molecule has 0 saturated heterocycles. The lowest BCUT2D eigenvalue weighted by Crippen LogP contribution is -2.40. The third-order valence-corrected chi connectivity index (χ3v) is 6.22. The zero-order valence-corrected chi connectivity index (χ0v) is 17.4. The minimum absolute atomic E-state index is 0.0480. The lowest BCUT2D eigenvalue weighted by Gasteiger charge is -2.23. The summed E-state index contributed by atoms with van der Waals surface area (Å²) in [5.74, 6) is -0.124. The highest BCUT2D eigenvalue weighted by molar-refractivity contribution is 7.93. The average Bonchev–Trinajstić information content (AvgIpc) is 2.68. The van der Waals surface area contributed by atoms with E-state index >= 15 is 0 Å². The van der Waals surface area contributed by atoms with Gasteiger partial charge in [0.2, 0.25) is 0 Å². The Morgan fingerprint density at radius 2 is 1.48 bits per heavy atom.